The van der Waals surface area contributed by atoms with E-state index in [4.69, 9.17) is 5.26 Å². The van der Waals surface area contributed by atoms with Crippen LogP contribution in [0.3, 0.4) is 0 Å². The first-order valence-electron chi connectivity index (χ1n) is 3.28. The Balaban J connectivity index is 2.48. The van der Waals surface area contributed by atoms with E-state index in [0.29, 0.717) is 13.0 Å². The van der Waals surface area contributed by atoms with Crippen LogP contribution < -0.4 is 5.32 Å². The molecular weight excluding hydrogens is 161 g/mol. The molecule has 12 heavy (non-hydrogen) atoms. The molecule has 0 aliphatic rings. The van der Waals surface area contributed by atoms with Gasteiger partial charge in [-0.3, -0.25) is 0 Å². The fourth-order valence-corrected chi connectivity index (χ4v) is 0.592. The van der Waals surface area contributed by atoms with Gasteiger partial charge >= 0.3 is 6.08 Å². The van der Waals surface area contributed by atoms with Crippen LogP contribution in [0.4, 0.5) is 10.3 Å². The van der Waals surface area contributed by atoms with Crippen LogP contribution in [0.25, 0.3) is 0 Å². The molecule has 1 N–H and O–H groups in total. The summed E-state index contributed by atoms with van der Waals surface area (Å²) in [6.07, 6.45) is 0.564. The van der Waals surface area contributed by atoms with Crippen LogP contribution in [-0.2, 0) is 0 Å². The Bertz CT molecular complexity index is 294. The van der Waals surface area contributed by atoms with Gasteiger partial charge in [-0.25, -0.2) is 4.98 Å². The van der Waals surface area contributed by atoms with Gasteiger partial charge in [-0.05, 0) is 0 Å². The lowest BCUT2D eigenvalue weighted by molar-refractivity contribution is 0.534. The van der Waals surface area contributed by atoms with E-state index in [0.717, 1.165) is 6.33 Å². The SMILES string of the molecule is N#CCCNc1ncnc(F)n1. The van der Waals surface area contributed by atoms with Gasteiger partial charge in [0.05, 0.1) is 12.5 Å². The summed E-state index contributed by atoms with van der Waals surface area (Å²) in [6.45, 7) is 0.403. The Morgan fingerprint density at radius 3 is 3.08 bits per heavy atom. The molecule has 6 heteroatoms. The number of nitrogens with one attached hydrogen (secondary N) is 1. The van der Waals surface area contributed by atoms with E-state index >= 15 is 0 Å². The van der Waals surface area contributed by atoms with E-state index in [2.05, 4.69) is 20.3 Å². The van der Waals surface area contributed by atoms with Gasteiger partial charge in [0.15, 0.2) is 0 Å². The lowest BCUT2D eigenvalue weighted by Gasteiger charge is -1.98. The minimum absolute atomic E-state index is 0.151. The normalized spacial score (nSPS) is 9.00. The Hall–Kier alpha value is -1.77. The highest BCUT2D eigenvalue weighted by Gasteiger charge is 1.96. The van der Waals surface area contributed by atoms with Crippen LogP contribution in [0.1, 0.15) is 6.42 Å². The predicted molar refractivity (Wildman–Crippen MR) is 38.5 cm³/mol. The third-order valence-electron chi connectivity index (χ3n) is 1.06. The zero-order valence-electron chi connectivity index (χ0n) is 6.16. The molecule has 1 rings (SSSR count). The Labute approximate surface area is 68.3 Å². The summed E-state index contributed by atoms with van der Waals surface area (Å²) in [7, 11) is 0. The van der Waals surface area contributed by atoms with Crippen LogP contribution in [-0.4, -0.2) is 21.5 Å². The second-order valence-electron chi connectivity index (χ2n) is 1.91. The first-order chi connectivity index (χ1) is 5.83. The zero-order valence-corrected chi connectivity index (χ0v) is 6.16. The summed E-state index contributed by atoms with van der Waals surface area (Å²) >= 11 is 0. The smallest absolute Gasteiger partial charge is 0.313 e. The number of hydrogen-bond acceptors (Lipinski definition) is 5. The summed E-state index contributed by atoms with van der Waals surface area (Å²) < 4.78 is 12.3. The molecule has 0 atom stereocenters. The molecule has 0 saturated heterocycles. The van der Waals surface area contributed by atoms with E-state index in [1.165, 1.54) is 0 Å². The standard InChI is InChI=1S/C6H6FN5/c7-5-10-4-11-6(12-5)9-3-1-2-8/h4H,1,3H2,(H,9,10,11,12). The Morgan fingerprint density at radius 1 is 1.58 bits per heavy atom. The van der Waals surface area contributed by atoms with Crippen molar-refractivity contribution in [3.8, 4) is 6.07 Å². The Morgan fingerprint density at radius 2 is 2.42 bits per heavy atom. The third kappa shape index (κ3) is 2.46. The lowest BCUT2D eigenvalue weighted by atomic mass is 10.5. The minimum atomic E-state index is -0.829. The topological polar surface area (TPSA) is 74.5 Å². The number of anilines is 1. The van der Waals surface area contributed by atoms with E-state index in [9.17, 15) is 4.39 Å². The van der Waals surface area contributed by atoms with Gasteiger partial charge in [-0.1, -0.05) is 0 Å². The van der Waals surface area contributed by atoms with Crippen molar-refractivity contribution in [2.45, 2.75) is 6.42 Å². The number of nitrogens with zero attached hydrogens (tertiary/aromatic N) is 4. The summed E-state index contributed by atoms with van der Waals surface area (Å²) in [6, 6.07) is 1.93. The Kier molecular flexibility index (Phi) is 2.90. The average Bonchev–Trinajstić information content (AvgIpc) is 2.05. The van der Waals surface area contributed by atoms with Crippen molar-refractivity contribution in [2.75, 3.05) is 11.9 Å². The largest absolute Gasteiger partial charge is 0.353 e. The van der Waals surface area contributed by atoms with Crippen LogP contribution in [0.2, 0.25) is 0 Å². The van der Waals surface area contributed by atoms with Gasteiger partial charge in [0.2, 0.25) is 5.95 Å². The highest BCUT2D eigenvalue weighted by atomic mass is 19.1. The molecule has 0 aliphatic heterocycles. The minimum Gasteiger partial charge on any atom is -0.353 e. The summed E-state index contributed by atoms with van der Waals surface area (Å²) in [5.41, 5.74) is 0. The maximum Gasteiger partial charge on any atom is 0.313 e. The van der Waals surface area contributed by atoms with Crippen molar-refractivity contribution in [2.24, 2.45) is 0 Å². The molecule has 0 saturated carbocycles. The molecule has 1 heterocycles. The molecule has 62 valence electrons. The third-order valence-corrected chi connectivity index (χ3v) is 1.06. The summed E-state index contributed by atoms with van der Waals surface area (Å²) in [4.78, 5) is 10.1. The number of hydrogen-bond donors (Lipinski definition) is 1. The van der Waals surface area contributed by atoms with Crippen molar-refractivity contribution in [1.29, 1.82) is 5.26 Å². The van der Waals surface area contributed by atoms with E-state index in [1.807, 2.05) is 6.07 Å². The fourth-order valence-electron chi connectivity index (χ4n) is 0.592. The number of aromatic nitrogens is 3. The van der Waals surface area contributed by atoms with Crippen LogP contribution >= 0.6 is 0 Å². The van der Waals surface area contributed by atoms with Gasteiger partial charge < -0.3 is 5.32 Å². The van der Waals surface area contributed by atoms with Gasteiger partial charge in [-0.15, -0.1) is 0 Å². The van der Waals surface area contributed by atoms with Crippen LogP contribution in [0.15, 0.2) is 6.33 Å². The average molecular weight is 167 g/mol. The van der Waals surface area contributed by atoms with Gasteiger partial charge in [-0.2, -0.15) is 19.6 Å². The highest BCUT2D eigenvalue weighted by Crippen LogP contribution is 1.94. The monoisotopic (exact) mass is 167 g/mol. The first-order valence-corrected chi connectivity index (χ1v) is 3.28. The number of rotatable bonds is 3. The molecule has 0 unspecified atom stereocenters. The molecule has 1 aromatic rings. The van der Waals surface area contributed by atoms with E-state index < -0.39 is 6.08 Å². The summed E-state index contributed by atoms with van der Waals surface area (Å²) in [5, 5.41) is 10.8. The van der Waals surface area contributed by atoms with Gasteiger partial charge in [0, 0.05) is 6.54 Å². The van der Waals surface area contributed by atoms with Crippen LogP contribution in [0.5, 0.6) is 0 Å². The molecule has 0 bridgehead atoms. The van der Waals surface area contributed by atoms with Crippen molar-refractivity contribution in [1.82, 2.24) is 15.0 Å². The van der Waals surface area contributed by atoms with Crippen molar-refractivity contribution in [3.63, 3.8) is 0 Å². The second-order valence-corrected chi connectivity index (χ2v) is 1.91. The van der Waals surface area contributed by atoms with Gasteiger partial charge in [0.1, 0.15) is 6.33 Å². The molecule has 0 radical (unpaired) electrons. The maximum atomic E-state index is 12.3. The molecule has 0 aromatic carbocycles. The van der Waals surface area contributed by atoms with Crippen LogP contribution in [0, 0.1) is 17.4 Å². The fraction of sp³-hybridized carbons (Fsp3) is 0.333. The van der Waals surface area contributed by atoms with Gasteiger partial charge in [0.25, 0.3) is 0 Å². The molecule has 0 fully saturated rings. The molecule has 1 aromatic heterocycles. The number of halogens is 1. The molecule has 0 aliphatic carbocycles. The van der Waals surface area contributed by atoms with Crippen molar-refractivity contribution < 1.29 is 4.39 Å². The lowest BCUT2D eigenvalue weighted by Crippen LogP contribution is -2.06. The van der Waals surface area contributed by atoms with Crippen molar-refractivity contribution in [3.05, 3.63) is 12.4 Å². The quantitative estimate of drug-likeness (QED) is 0.657. The molecule has 0 amide bonds. The second kappa shape index (κ2) is 4.18. The number of nitriles is 1. The molecule has 5 nitrogen and oxygen atoms in total. The molecule has 0 spiro atoms. The summed E-state index contributed by atoms with van der Waals surface area (Å²) in [5.74, 6) is 0.151. The highest BCUT2D eigenvalue weighted by molar-refractivity contribution is 5.20. The van der Waals surface area contributed by atoms with E-state index in [-0.39, 0.29) is 5.95 Å². The predicted octanol–water partition coefficient (Wildman–Crippen LogP) is 0.336. The van der Waals surface area contributed by atoms with E-state index in [1.54, 1.807) is 0 Å². The van der Waals surface area contributed by atoms with Crippen molar-refractivity contribution >= 4 is 5.95 Å². The molecular formula is C6H6FN5. The first kappa shape index (κ1) is 8.33. The maximum absolute atomic E-state index is 12.3. The zero-order chi connectivity index (χ0) is 8.81.